The number of aromatic nitrogens is 1. The number of halogens is 1. The van der Waals surface area contributed by atoms with Gasteiger partial charge >= 0.3 is 0 Å². The Morgan fingerprint density at radius 1 is 1.31 bits per heavy atom. The highest BCUT2D eigenvalue weighted by atomic mass is 19.1. The van der Waals surface area contributed by atoms with E-state index in [9.17, 15) is 4.39 Å². The molecule has 1 aromatic carbocycles. The van der Waals surface area contributed by atoms with Gasteiger partial charge in [0.05, 0.1) is 5.52 Å². The summed E-state index contributed by atoms with van der Waals surface area (Å²) in [5.74, 6) is -0.216. The fourth-order valence-corrected chi connectivity index (χ4v) is 1.85. The molecule has 0 radical (unpaired) electrons. The second-order valence-electron chi connectivity index (χ2n) is 3.98. The lowest BCUT2D eigenvalue weighted by atomic mass is 10.1. The average Bonchev–Trinajstić information content (AvgIpc) is 2.27. The number of pyridine rings is 1. The summed E-state index contributed by atoms with van der Waals surface area (Å²) in [5.41, 5.74) is 8.42. The highest BCUT2D eigenvalue weighted by Crippen LogP contribution is 2.19. The van der Waals surface area contributed by atoms with Crippen molar-refractivity contribution in [3.63, 3.8) is 0 Å². The predicted molar refractivity (Wildman–Crippen MR) is 63.8 cm³/mol. The van der Waals surface area contributed by atoms with Crippen molar-refractivity contribution in [2.75, 3.05) is 6.54 Å². The Morgan fingerprint density at radius 3 is 2.88 bits per heavy atom. The number of hydrogen-bond donors (Lipinski definition) is 1. The zero-order chi connectivity index (χ0) is 11.5. The van der Waals surface area contributed by atoms with Gasteiger partial charge in [0, 0.05) is 11.1 Å². The molecule has 0 aliphatic carbocycles. The maximum atomic E-state index is 13.1. The van der Waals surface area contributed by atoms with Crippen LogP contribution in [0.1, 0.15) is 17.7 Å². The minimum atomic E-state index is -0.216. The highest BCUT2D eigenvalue weighted by molar-refractivity contribution is 5.82. The van der Waals surface area contributed by atoms with Crippen LogP contribution < -0.4 is 5.73 Å². The van der Waals surface area contributed by atoms with Crippen LogP contribution in [0.4, 0.5) is 4.39 Å². The standard InChI is InChI=1S/C13H15FN2/c1-9-7-11(3-2-6-15)16-13-5-4-10(14)8-12(9)13/h4-5,7-8H,2-3,6,15H2,1H3. The molecule has 0 atom stereocenters. The van der Waals surface area contributed by atoms with Crippen LogP contribution in [0.5, 0.6) is 0 Å². The minimum Gasteiger partial charge on any atom is -0.330 e. The molecule has 2 N–H and O–H groups in total. The molecule has 1 aromatic heterocycles. The first-order valence-corrected chi connectivity index (χ1v) is 5.46. The lowest BCUT2D eigenvalue weighted by molar-refractivity contribution is 0.629. The van der Waals surface area contributed by atoms with Crippen molar-refractivity contribution >= 4 is 10.9 Å². The van der Waals surface area contributed by atoms with Gasteiger partial charge in [-0.2, -0.15) is 0 Å². The normalized spacial score (nSPS) is 10.9. The van der Waals surface area contributed by atoms with Gasteiger partial charge in [0.25, 0.3) is 0 Å². The monoisotopic (exact) mass is 218 g/mol. The van der Waals surface area contributed by atoms with Crippen molar-refractivity contribution in [2.45, 2.75) is 19.8 Å². The van der Waals surface area contributed by atoms with E-state index in [1.165, 1.54) is 12.1 Å². The molecule has 0 aliphatic heterocycles. The molecular weight excluding hydrogens is 203 g/mol. The molecule has 0 amide bonds. The first-order valence-electron chi connectivity index (χ1n) is 5.46. The molecule has 0 spiro atoms. The Bertz CT molecular complexity index is 509. The topological polar surface area (TPSA) is 38.9 Å². The van der Waals surface area contributed by atoms with E-state index in [0.29, 0.717) is 6.54 Å². The summed E-state index contributed by atoms with van der Waals surface area (Å²) in [6.07, 6.45) is 1.81. The van der Waals surface area contributed by atoms with Crippen LogP contribution in [0.25, 0.3) is 10.9 Å². The van der Waals surface area contributed by atoms with Gasteiger partial charge in [-0.1, -0.05) is 0 Å². The predicted octanol–water partition coefficient (Wildman–Crippen LogP) is 2.57. The summed E-state index contributed by atoms with van der Waals surface area (Å²) in [6, 6.07) is 6.72. The van der Waals surface area contributed by atoms with Crippen molar-refractivity contribution in [2.24, 2.45) is 5.73 Å². The van der Waals surface area contributed by atoms with Crippen molar-refractivity contribution in [1.29, 1.82) is 0 Å². The van der Waals surface area contributed by atoms with Crippen LogP contribution in [0.15, 0.2) is 24.3 Å². The van der Waals surface area contributed by atoms with E-state index in [1.807, 2.05) is 13.0 Å². The number of nitrogens with zero attached hydrogens (tertiary/aromatic N) is 1. The quantitative estimate of drug-likeness (QED) is 0.860. The van der Waals surface area contributed by atoms with Crippen molar-refractivity contribution in [3.05, 3.63) is 41.3 Å². The first kappa shape index (κ1) is 11.0. The average molecular weight is 218 g/mol. The van der Waals surface area contributed by atoms with E-state index >= 15 is 0 Å². The number of nitrogens with two attached hydrogens (primary N) is 1. The van der Waals surface area contributed by atoms with E-state index < -0.39 is 0 Å². The molecule has 0 saturated carbocycles. The number of benzene rings is 1. The molecular formula is C13H15FN2. The molecule has 0 saturated heterocycles. The minimum absolute atomic E-state index is 0.216. The largest absolute Gasteiger partial charge is 0.330 e. The third kappa shape index (κ3) is 2.19. The van der Waals surface area contributed by atoms with Crippen LogP contribution in [-0.2, 0) is 6.42 Å². The van der Waals surface area contributed by atoms with E-state index in [4.69, 9.17) is 5.73 Å². The van der Waals surface area contributed by atoms with Crippen LogP contribution >= 0.6 is 0 Å². The van der Waals surface area contributed by atoms with Gasteiger partial charge in [-0.05, 0) is 56.1 Å². The lowest BCUT2D eigenvalue weighted by Crippen LogP contribution is -2.02. The smallest absolute Gasteiger partial charge is 0.123 e. The fourth-order valence-electron chi connectivity index (χ4n) is 1.85. The second kappa shape index (κ2) is 4.58. The number of hydrogen-bond acceptors (Lipinski definition) is 2. The molecule has 0 aliphatic rings. The molecule has 16 heavy (non-hydrogen) atoms. The maximum Gasteiger partial charge on any atom is 0.123 e. The Hall–Kier alpha value is -1.48. The van der Waals surface area contributed by atoms with Crippen LogP contribution in [-0.4, -0.2) is 11.5 Å². The molecule has 0 unspecified atom stereocenters. The molecule has 0 fully saturated rings. The maximum absolute atomic E-state index is 13.1. The molecule has 1 heterocycles. The van der Waals surface area contributed by atoms with Crippen molar-refractivity contribution in [1.82, 2.24) is 4.98 Å². The van der Waals surface area contributed by atoms with E-state index in [2.05, 4.69) is 4.98 Å². The summed E-state index contributed by atoms with van der Waals surface area (Å²) in [4.78, 5) is 4.49. The Kier molecular flexibility index (Phi) is 3.15. The fraction of sp³-hybridized carbons (Fsp3) is 0.308. The van der Waals surface area contributed by atoms with E-state index in [0.717, 1.165) is 35.0 Å². The summed E-state index contributed by atoms with van der Waals surface area (Å²) < 4.78 is 13.1. The molecule has 0 bridgehead atoms. The SMILES string of the molecule is Cc1cc(CCCN)nc2ccc(F)cc12. The van der Waals surface area contributed by atoms with Gasteiger partial charge in [-0.15, -0.1) is 0 Å². The molecule has 84 valence electrons. The Labute approximate surface area is 94.3 Å². The second-order valence-corrected chi connectivity index (χ2v) is 3.98. The summed E-state index contributed by atoms with van der Waals surface area (Å²) in [6.45, 7) is 2.65. The van der Waals surface area contributed by atoms with Gasteiger partial charge in [0.2, 0.25) is 0 Å². The van der Waals surface area contributed by atoms with Gasteiger partial charge < -0.3 is 5.73 Å². The third-order valence-electron chi connectivity index (χ3n) is 2.67. The summed E-state index contributed by atoms with van der Waals surface area (Å²) >= 11 is 0. The zero-order valence-corrected chi connectivity index (χ0v) is 9.33. The third-order valence-corrected chi connectivity index (χ3v) is 2.67. The first-order chi connectivity index (χ1) is 7.70. The number of aryl methyl sites for hydroxylation is 2. The molecule has 2 rings (SSSR count). The van der Waals surface area contributed by atoms with Crippen LogP contribution in [0, 0.1) is 12.7 Å². The van der Waals surface area contributed by atoms with E-state index in [-0.39, 0.29) is 5.82 Å². The van der Waals surface area contributed by atoms with Crippen molar-refractivity contribution < 1.29 is 4.39 Å². The van der Waals surface area contributed by atoms with Gasteiger partial charge in [-0.3, -0.25) is 4.98 Å². The number of fused-ring (bicyclic) bond motifs is 1. The van der Waals surface area contributed by atoms with Gasteiger partial charge in [0.1, 0.15) is 5.82 Å². The molecule has 2 aromatic rings. The highest BCUT2D eigenvalue weighted by Gasteiger charge is 2.03. The van der Waals surface area contributed by atoms with Crippen LogP contribution in [0.3, 0.4) is 0 Å². The van der Waals surface area contributed by atoms with Gasteiger partial charge in [-0.25, -0.2) is 4.39 Å². The van der Waals surface area contributed by atoms with Crippen molar-refractivity contribution in [3.8, 4) is 0 Å². The summed E-state index contributed by atoms with van der Waals surface area (Å²) in [7, 11) is 0. The number of rotatable bonds is 3. The van der Waals surface area contributed by atoms with E-state index in [1.54, 1.807) is 6.07 Å². The molecule has 3 heteroatoms. The summed E-state index contributed by atoms with van der Waals surface area (Å²) in [5, 5.41) is 0.886. The zero-order valence-electron chi connectivity index (χ0n) is 9.33. The van der Waals surface area contributed by atoms with Crippen LogP contribution in [0.2, 0.25) is 0 Å². The molecule has 2 nitrogen and oxygen atoms in total. The van der Waals surface area contributed by atoms with Gasteiger partial charge in [0.15, 0.2) is 0 Å². The Balaban J connectivity index is 2.46. The lowest BCUT2D eigenvalue weighted by Gasteiger charge is -2.06. The Morgan fingerprint density at radius 2 is 2.12 bits per heavy atom.